The number of halogens is 1. The minimum absolute atomic E-state index is 0. The third kappa shape index (κ3) is 7.17. The maximum absolute atomic E-state index is 4.32. The van der Waals surface area contributed by atoms with Crippen molar-refractivity contribution >= 4 is 29.9 Å². The van der Waals surface area contributed by atoms with Crippen LogP contribution in [-0.2, 0) is 0 Å². The highest BCUT2D eigenvalue weighted by molar-refractivity contribution is 14.0. The molecule has 0 aromatic heterocycles. The molecule has 0 atom stereocenters. The molecule has 0 saturated heterocycles. The molecule has 5 heteroatoms. The van der Waals surface area contributed by atoms with Gasteiger partial charge in [-0.05, 0) is 50.7 Å². The molecule has 2 N–H and O–H groups in total. The zero-order valence-electron chi connectivity index (χ0n) is 14.4. The van der Waals surface area contributed by atoms with Crippen molar-refractivity contribution in [1.29, 1.82) is 0 Å². The second-order valence-corrected chi connectivity index (χ2v) is 5.94. The Labute approximate surface area is 148 Å². The second-order valence-electron chi connectivity index (χ2n) is 5.94. The SMILES string of the molecule is CCN(CC)CCCNC(=NC)NCC1(CC)CCC1.I. The van der Waals surface area contributed by atoms with Gasteiger partial charge in [-0.2, -0.15) is 0 Å². The number of aliphatic imine (C=N–C) groups is 1. The topological polar surface area (TPSA) is 39.7 Å². The van der Waals surface area contributed by atoms with Gasteiger partial charge < -0.3 is 15.5 Å². The van der Waals surface area contributed by atoms with Crippen LogP contribution in [0.4, 0.5) is 0 Å². The first kappa shape index (κ1) is 21.0. The molecule has 0 aromatic carbocycles. The summed E-state index contributed by atoms with van der Waals surface area (Å²) in [6, 6.07) is 0. The zero-order chi connectivity index (χ0) is 14.8. The van der Waals surface area contributed by atoms with Gasteiger partial charge in [0, 0.05) is 20.1 Å². The molecule has 0 aliphatic heterocycles. The van der Waals surface area contributed by atoms with Gasteiger partial charge in [0.05, 0.1) is 0 Å². The minimum Gasteiger partial charge on any atom is -0.356 e. The molecule has 1 aliphatic carbocycles. The Morgan fingerprint density at radius 2 is 1.81 bits per heavy atom. The zero-order valence-corrected chi connectivity index (χ0v) is 16.7. The molecule has 0 bridgehead atoms. The maximum Gasteiger partial charge on any atom is 0.190 e. The second kappa shape index (κ2) is 11.5. The van der Waals surface area contributed by atoms with Gasteiger partial charge in [0.1, 0.15) is 0 Å². The summed E-state index contributed by atoms with van der Waals surface area (Å²) >= 11 is 0. The van der Waals surface area contributed by atoms with Gasteiger partial charge in [-0.15, -0.1) is 24.0 Å². The highest BCUT2D eigenvalue weighted by Gasteiger charge is 2.34. The summed E-state index contributed by atoms with van der Waals surface area (Å²) in [5.74, 6) is 0.962. The van der Waals surface area contributed by atoms with E-state index in [1.165, 1.54) is 32.1 Å². The van der Waals surface area contributed by atoms with Crippen molar-refractivity contribution in [2.45, 2.75) is 52.9 Å². The smallest absolute Gasteiger partial charge is 0.190 e. The van der Waals surface area contributed by atoms with E-state index >= 15 is 0 Å². The van der Waals surface area contributed by atoms with E-state index in [0.29, 0.717) is 5.41 Å². The molecule has 126 valence electrons. The quantitative estimate of drug-likeness (QED) is 0.266. The van der Waals surface area contributed by atoms with Gasteiger partial charge in [-0.3, -0.25) is 4.99 Å². The van der Waals surface area contributed by atoms with Gasteiger partial charge in [-0.1, -0.05) is 27.2 Å². The van der Waals surface area contributed by atoms with Crippen molar-refractivity contribution in [1.82, 2.24) is 15.5 Å². The fourth-order valence-electron chi connectivity index (χ4n) is 2.87. The molecule has 1 saturated carbocycles. The molecule has 0 unspecified atom stereocenters. The lowest BCUT2D eigenvalue weighted by molar-refractivity contribution is 0.131. The molecule has 1 fully saturated rings. The molecule has 0 heterocycles. The number of nitrogens with zero attached hydrogens (tertiary/aromatic N) is 2. The average Bonchev–Trinajstić information content (AvgIpc) is 2.44. The van der Waals surface area contributed by atoms with Crippen LogP contribution < -0.4 is 10.6 Å². The molecule has 0 amide bonds. The van der Waals surface area contributed by atoms with Crippen LogP contribution in [0.1, 0.15) is 52.9 Å². The summed E-state index contributed by atoms with van der Waals surface area (Å²) in [6.45, 7) is 12.3. The van der Waals surface area contributed by atoms with E-state index in [4.69, 9.17) is 0 Å². The number of hydrogen-bond donors (Lipinski definition) is 2. The minimum atomic E-state index is 0. The first-order valence-electron chi connectivity index (χ1n) is 8.36. The van der Waals surface area contributed by atoms with E-state index in [0.717, 1.165) is 38.7 Å². The summed E-state index contributed by atoms with van der Waals surface area (Å²) in [4.78, 5) is 6.78. The normalized spacial score (nSPS) is 17.1. The third-order valence-electron chi connectivity index (χ3n) is 4.86. The Balaban J connectivity index is 0.00000400. The van der Waals surface area contributed by atoms with E-state index in [2.05, 4.69) is 41.3 Å². The molecular weight excluding hydrogens is 375 g/mol. The summed E-state index contributed by atoms with van der Waals surface area (Å²) in [6.07, 6.45) is 6.58. The van der Waals surface area contributed by atoms with Crippen LogP contribution in [0.15, 0.2) is 4.99 Å². The number of nitrogens with one attached hydrogen (secondary N) is 2. The average molecular weight is 410 g/mol. The van der Waals surface area contributed by atoms with Crippen molar-refractivity contribution in [3.8, 4) is 0 Å². The van der Waals surface area contributed by atoms with Crippen molar-refractivity contribution in [2.75, 3.05) is 39.8 Å². The standard InChI is InChI=1S/C16H34N4.HI/c1-5-16(10-8-11-16)14-19-15(17-4)18-12-9-13-20(6-2)7-3;/h5-14H2,1-4H3,(H2,17,18,19);1H. The van der Waals surface area contributed by atoms with Gasteiger partial charge >= 0.3 is 0 Å². The van der Waals surface area contributed by atoms with Crippen molar-refractivity contribution in [3.05, 3.63) is 0 Å². The van der Waals surface area contributed by atoms with Crippen molar-refractivity contribution in [3.63, 3.8) is 0 Å². The van der Waals surface area contributed by atoms with Crippen molar-refractivity contribution < 1.29 is 0 Å². The van der Waals surface area contributed by atoms with E-state index < -0.39 is 0 Å². The molecule has 4 nitrogen and oxygen atoms in total. The van der Waals surface area contributed by atoms with E-state index in [1.807, 2.05) is 7.05 Å². The first-order valence-corrected chi connectivity index (χ1v) is 8.36. The Bertz CT molecular complexity index is 280. The molecule has 1 aliphatic rings. The molecule has 0 spiro atoms. The first-order chi connectivity index (χ1) is 9.69. The highest BCUT2D eigenvalue weighted by Crippen LogP contribution is 2.42. The maximum atomic E-state index is 4.32. The summed E-state index contributed by atoms with van der Waals surface area (Å²) in [7, 11) is 1.86. The van der Waals surface area contributed by atoms with Gasteiger partial charge in [0.2, 0.25) is 0 Å². The van der Waals surface area contributed by atoms with Crippen LogP contribution >= 0.6 is 24.0 Å². The number of hydrogen-bond acceptors (Lipinski definition) is 2. The molecule has 0 radical (unpaired) electrons. The Hall–Kier alpha value is -0.0400. The van der Waals surface area contributed by atoms with Crippen LogP contribution in [0.2, 0.25) is 0 Å². The predicted molar refractivity (Wildman–Crippen MR) is 104 cm³/mol. The molecule has 21 heavy (non-hydrogen) atoms. The third-order valence-corrected chi connectivity index (χ3v) is 4.86. The van der Waals surface area contributed by atoms with Crippen LogP contribution in [0, 0.1) is 5.41 Å². The summed E-state index contributed by atoms with van der Waals surface area (Å²) in [5.41, 5.74) is 0.541. The van der Waals surface area contributed by atoms with E-state index in [1.54, 1.807) is 0 Å². The van der Waals surface area contributed by atoms with Gasteiger partial charge in [0.15, 0.2) is 5.96 Å². The van der Waals surface area contributed by atoms with Gasteiger partial charge in [0.25, 0.3) is 0 Å². The lowest BCUT2D eigenvalue weighted by atomic mass is 9.67. The monoisotopic (exact) mass is 410 g/mol. The Kier molecular flexibility index (Phi) is 11.5. The van der Waals surface area contributed by atoms with Crippen LogP contribution in [0.3, 0.4) is 0 Å². The predicted octanol–water partition coefficient (Wildman–Crippen LogP) is 3.08. The van der Waals surface area contributed by atoms with Crippen molar-refractivity contribution in [2.24, 2.45) is 10.4 Å². The largest absolute Gasteiger partial charge is 0.356 e. The number of rotatable bonds is 9. The molecule has 0 aromatic rings. The fraction of sp³-hybridized carbons (Fsp3) is 0.938. The summed E-state index contributed by atoms with van der Waals surface area (Å²) in [5, 5.41) is 6.93. The van der Waals surface area contributed by atoms with Crippen LogP contribution in [0.5, 0.6) is 0 Å². The van der Waals surface area contributed by atoms with Gasteiger partial charge in [-0.25, -0.2) is 0 Å². The molecule has 1 rings (SSSR count). The van der Waals surface area contributed by atoms with E-state index in [9.17, 15) is 0 Å². The number of guanidine groups is 1. The van der Waals surface area contributed by atoms with Crippen LogP contribution in [0.25, 0.3) is 0 Å². The fourth-order valence-corrected chi connectivity index (χ4v) is 2.87. The Morgan fingerprint density at radius 3 is 2.24 bits per heavy atom. The Morgan fingerprint density at radius 1 is 1.14 bits per heavy atom. The lowest BCUT2D eigenvalue weighted by Gasteiger charge is -2.41. The highest BCUT2D eigenvalue weighted by atomic mass is 127. The van der Waals surface area contributed by atoms with Crippen LogP contribution in [-0.4, -0.2) is 50.6 Å². The molecular formula is C16H35IN4. The summed E-state index contributed by atoms with van der Waals surface area (Å²) < 4.78 is 0. The lowest BCUT2D eigenvalue weighted by Crippen LogP contribution is -2.46. The van der Waals surface area contributed by atoms with E-state index in [-0.39, 0.29) is 24.0 Å².